The summed E-state index contributed by atoms with van der Waals surface area (Å²) < 4.78 is 58.5. The lowest BCUT2D eigenvalue weighted by Crippen LogP contribution is -2.31. The molecule has 1 aliphatic carbocycles. The number of aromatic nitrogens is 4. The molecule has 0 amide bonds. The maximum Gasteiger partial charge on any atom is 0.471 e. The first-order chi connectivity index (χ1) is 23.0. The van der Waals surface area contributed by atoms with Gasteiger partial charge in [-0.1, -0.05) is 35.0 Å². The first-order valence-electron chi connectivity index (χ1n) is 15.5. The van der Waals surface area contributed by atoms with Crippen molar-refractivity contribution in [2.75, 3.05) is 13.1 Å². The second-order valence-corrected chi connectivity index (χ2v) is 13.1. The molecule has 0 radical (unpaired) electrons. The molecule has 1 fully saturated rings. The normalized spacial score (nSPS) is 20.1. The Morgan fingerprint density at radius 3 is 2.54 bits per heavy atom. The van der Waals surface area contributed by atoms with Gasteiger partial charge in [-0.25, -0.2) is 4.98 Å². The highest BCUT2D eigenvalue weighted by molar-refractivity contribution is 6.30. The van der Waals surface area contributed by atoms with Crippen LogP contribution in [0.1, 0.15) is 49.0 Å². The fourth-order valence-corrected chi connectivity index (χ4v) is 6.51. The van der Waals surface area contributed by atoms with Gasteiger partial charge >= 0.3 is 12.1 Å². The van der Waals surface area contributed by atoms with E-state index in [9.17, 15) is 18.4 Å². The van der Waals surface area contributed by atoms with Crippen molar-refractivity contribution < 1.29 is 27.2 Å². The van der Waals surface area contributed by atoms with Gasteiger partial charge in [0.15, 0.2) is 11.5 Å². The zero-order chi connectivity index (χ0) is 33.3. The highest BCUT2D eigenvalue weighted by Crippen LogP contribution is 2.49. The molecule has 1 atom stereocenters. The molecule has 0 saturated heterocycles. The molecule has 0 bridgehead atoms. The highest BCUT2D eigenvalue weighted by Gasteiger charge is 2.44. The lowest BCUT2D eigenvalue weighted by Gasteiger charge is -2.27. The van der Waals surface area contributed by atoms with Crippen LogP contribution in [0.2, 0.25) is 5.02 Å². The number of nitriles is 1. The largest absolute Gasteiger partial charge is 0.471 e. The molecular formula is C35H28ClF3N6O3. The summed E-state index contributed by atoms with van der Waals surface area (Å²) in [5, 5.41) is 14.0. The zero-order valence-electron chi connectivity index (χ0n) is 25.7. The average Bonchev–Trinajstić information content (AvgIpc) is 3.35. The summed E-state index contributed by atoms with van der Waals surface area (Å²) in [7, 11) is 0. The molecule has 5 aromatic rings. The quantitative estimate of drug-likeness (QED) is 0.171. The molecule has 9 nitrogen and oxygen atoms in total. The topological polar surface area (TPSA) is 102 Å². The number of ether oxygens (including phenoxy) is 2. The Balaban J connectivity index is 1.04. The summed E-state index contributed by atoms with van der Waals surface area (Å²) in [6.07, 6.45) is -0.156. The van der Waals surface area contributed by atoms with Crippen LogP contribution in [-0.4, -0.2) is 37.7 Å². The summed E-state index contributed by atoms with van der Waals surface area (Å²) in [5.41, 5.74) is 4.31. The predicted molar refractivity (Wildman–Crippen MR) is 170 cm³/mol. The number of hydrogen-bond acceptors (Lipinski definition) is 8. The minimum Gasteiger partial charge on any atom is -0.445 e. The van der Waals surface area contributed by atoms with E-state index < -0.39 is 23.3 Å². The maximum absolute atomic E-state index is 13.1. The summed E-state index contributed by atoms with van der Waals surface area (Å²) in [5.74, 6) is -0.372. The van der Waals surface area contributed by atoms with Gasteiger partial charge in [-0.3, -0.25) is 4.90 Å². The number of fused-ring (bicyclic) bond motifs is 2. The van der Waals surface area contributed by atoms with Crippen molar-refractivity contribution in [3.63, 3.8) is 0 Å². The second-order valence-electron chi connectivity index (χ2n) is 12.6. The molecule has 3 aliphatic rings. The lowest BCUT2D eigenvalue weighted by molar-refractivity contribution is -0.159. The van der Waals surface area contributed by atoms with Gasteiger partial charge in [0.1, 0.15) is 5.82 Å². The number of imidazole rings is 1. The third-order valence-corrected chi connectivity index (χ3v) is 9.51. The van der Waals surface area contributed by atoms with E-state index in [-0.39, 0.29) is 5.82 Å². The average molecular weight is 673 g/mol. The van der Waals surface area contributed by atoms with Gasteiger partial charge in [0.05, 0.1) is 29.1 Å². The third kappa shape index (κ3) is 5.46. The van der Waals surface area contributed by atoms with Gasteiger partial charge < -0.3 is 18.6 Å². The molecule has 48 heavy (non-hydrogen) atoms. The van der Waals surface area contributed by atoms with E-state index in [4.69, 9.17) is 26.1 Å². The first kappa shape index (κ1) is 30.5. The van der Waals surface area contributed by atoms with Crippen LogP contribution in [0.15, 0.2) is 71.3 Å². The minimum atomic E-state index is -4.73. The molecule has 2 aromatic heterocycles. The lowest BCUT2D eigenvalue weighted by atomic mass is 9.98. The van der Waals surface area contributed by atoms with Crippen LogP contribution in [0.5, 0.6) is 11.5 Å². The van der Waals surface area contributed by atoms with E-state index in [0.29, 0.717) is 47.2 Å². The van der Waals surface area contributed by atoms with Crippen LogP contribution < -0.4 is 9.47 Å². The van der Waals surface area contributed by atoms with E-state index in [2.05, 4.69) is 36.3 Å². The summed E-state index contributed by atoms with van der Waals surface area (Å²) in [6, 6.07) is 20.9. The smallest absolute Gasteiger partial charge is 0.445 e. The number of nitrogens with zero attached hydrogens (tertiary/aromatic N) is 6. The number of halogens is 4. The second kappa shape index (κ2) is 11.1. The molecule has 4 heterocycles. The Morgan fingerprint density at radius 2 is 1.85 bits per heavy atom. The van der Waals surface area contributed by atoms with Gasteiger partial charge in [0.25, 0.3) is 5.79 Å². The molecule has 2 aliphatic heterocycles. The fourth-order valence-electron chi connectivity index (χ4n) is 6.38. The Kier molecular flexibility index (Phi) is 7.05. The third-order valence-electron chi connectivity index (χ3n) is 9.26. The van der Waals surface area contributed by atoms with Gasteiger partial charge in [-0.15, -0.1) is 0 Å². The van der Waals surface area contributed by atoms with Crippen molar-refractivity contribution in [1.29, 1.82) is 5.26 Å². The van der Waals surface area contributed by atoms with Crippen LogP contribution in [-0.2, 0) is 25.1 Å². The molecule has 0 N–H and O–H groups in total. The van der Waals surface area contributed by atoms with Gasteiger partial charge in [-0.05, 0) is 73.4 Å². The molecule has 3 aromatic carbocycles. The standard InChI is InChI=1S/C35H28ClF3N6O3/c1-33(23-6-8-24(36)9-7-23)46-28-4-2-3-25(30(28)47-33)21-11-15-44(16-12-21)18-29-41-26-17-22(31-42-32(48-43-31)35(37,38)39)5-10-27(26)45(29)20-34(19-40)13-14-34/h2-11,17H,12-16,18,20H2,1H3. The Morgan fingerprint density at radius 1 is 1.04 bits per heavy atom. The summed E-state index contributed by atoms with van der Waals surface area (Å²) in [6.45, 7) is 4.33. The van der Waals surface area contributed by atoms with Gasteiger partial charge in [0.2, 0.25) is 5.82 Å². The van der Waals surface area contributed by atoms with Crippen LogP contribution in [0.25, 0.3) is 28.0 Å². The Bertz CT molecular complexity index is 2130. The van der Waals surface area contributed by atoms with E-state index in [1.165, 1.54) is 0 Å². The van der Waals surface area contributed by atoms with Crippen molar-refractivity contribution in [3.8, 4) is 29.0 Å². The fraction of sp³-hybridized carbons (Fsp3) is 0.314. The number of benzene rings is 3. The zero-order valence-corrected chi connectivity index (χ0v) is 26.5. The molecule has 8 rings (SSSR count). The van der Waals surface area contributed by atoms with Gasteiger partial charge in [-0.2, -0.15) is 23.4 Å². The van der Waals surface area contributed by atoms with Crippen LogP contribution >= 0.6 is 11.6 Å². The monoisotopic (exact) mass is 672 g/mol. The number of hydrogen-bond donors (Lipinski definition) is 0. The summed E-state index contributed by atoms with van der Waals surface area (Å²) in [4.78, 5) is 10.7. The van der Waals surface area contributed by atoms with Crippen molar-refractivity contribution in [3.05, 3.63) is 94.6 Å². The molecule has 13 heteroatoms. The Labute approximate surface area is 278 Å². The SMILES string of the molecule is CC1(c2ccc(Cl)cc2)Oc2cccc(C3=CCN(Cc4nc5cc(-c6noc(C(F)(F)F)n6)ccc5n4CC4(C#N)CC4)CC3)c2O1. The maximum atomic E-state index is 13.1. The van der Waals surface area contributed by atoms with Crippen molar-refractivity contribution in [2.24, 2.45) is 5.41 Å². The summed E-state index contributed by atoms with van der Waals surface area (Å²) >= 11 is 6.10. The predicted octanol–water partition coefficient (Wildman–Crippen LogP) is 8.00. The van der Waals surface area contributed by atoms with Crippen LogP contribution in [0.3, 0.4) is 0 Å². The van der Waals surface area contributed by atoms with E-state index in [1.807, 2.05) is 49.4 Å². The van der Waals surface area contributed by atoms with Gasteiger partial charge in [0, 0.05) is 48.3 Å². The van der Waals surface area contributed by atoms with Crippen molar-refractivity contribution in [1.82, 2.24) is 24.6 Å². The Hall–Kier alpha value is -4.86. The van der Waals surface area contributed by atoms with Crippen molar-refractivity contribution in [2.45, 2.75) is 51.2 Å². The van der Waals surface area contributed by atoms with E-state index in [0.717, 1.165) is 53.8 Å². The molecule has 244 valence electrons. The number of alkyl halides is 3. The minimum absolute atomic E-state index is 0.167. The molecular weight excluding hydrogens is 645 g/mol. The van der Waals surface area contributed by atoms with E-state index in [1.54, 1.807) is 18.2 Å². The molecule has 1 unspecified atom stereocenters. The van der Waals surface area contributed by atoms with Crippen molar-refractivity contribution >= 4 is 28.2 Å². The van der Waals surface area contributed by atoms with Crippen LogP contribution in [0, 0.1) is 16.7 Å². The van der Waals surface area contributed by atoms with Crippen LogP contribution in [0.4, 0.5) is 13.2 Å². The number of rotatable bonds is 7. The molecule has 1 saturated carbocycles. The van der Waals surface area contributed by atoms with E-state index >= 15 is 0 Å². The molecule has 0 spiro atoms. The highest BCUT2D eigenvalue weighted by atomic mass is 35.5. The first-order valence-corrected chi connectivity index (χ1v) is 15.9. The number of para-hydroxylation sites is 1.